The van der Waals surface area contributed by atoms with E-state index in [0.717, 1.165) is 19.0 Å². The molecule has 1 fully saturated rings. The Morgan fingerprint density at radius 1 is 1.09 bits per heavy atom. The minimum atomic E-state index is 0. The maximum atomic E-state index is 4.33. The molecular weight excluding hydrogens is 399 g/mol. The van der Waals surface area contributed by atoms with E-state index < -0.39 is 0 Å². The second-order valence-corrected chi connectivity index (χ2v) is 6.63. The molecule has 5 heteroatoms. The van der Waals surface area contributed by atoms with Crippen LogP contribution in [0.1, 0.15) is 38.7 Å². The van der Waals surface area contributed by atoms with Gasteiger partial charge in [-0.15, -0.1) is 24.0 Å². The first-order valence-electron chi connectivity index (χ1n) is 8.35. The highest BCUT2D eigenvalue weighted by Gasteiger charge is 2.27. The van der Waals surface area contributed by atoms with Gasteiger partial charge >= 0.3 is 0 Å². The highest BCUT2D eigenvalue weighted by Crippen LogP contribution is 2.19. The van der Waals surface area contributed by atoms with Gasteiger partial charge in [-0.2, -0.15) is 0 Å². The predicted octanol–water partition coefficient (Wildman–Crippen LogP) is 3.23. The molecule has 130 valence electrons. The first-order valence-corrected chi connectivity index (χ1v) is 8.35. The molecular formula is C18H31IN4. The van der Waals surface area contributed by atoms with Crippen molar-refractivity contribution in [3.05, 3.63) is 35.9 Å². The average Bonchev–Trinajstić information content (AvgIpc) is 2.57. The Balaban J connectivity index is 0.00000264. The van der Waals surface area contributed by atoms with Gasteiger partial charge in [-0.3, -0.25) is 9.89 Å². The molecule has 0 saturated carbocycles. The second-order valence-electron chi connectivity index (χ2n) is 6.63. The highest BCUT2D eigenvalue weighted by molar-refractivity contribution is 14.0. The standard InChI is InChI=1S/C18H30N4.HI/c1-18(2,22-12-8-5-9-13-22)15-21-17(19-3)20-14-16-10-6-4-7-11-16;/h4,6-7,10-11H,5,8-9,12-15H2,1-3H3,(H2,19,20,21);1H. The summed E-state index contributed by atoms with van der Waals surface area (Å²) in [4.78, 5) is 6.92. The zero-order valence-corrected chi connectivity index (χ0v) is 17.0. The summed E-state index contributed by atoms with van der Waals surface area (Å²) in [5.41, 5.74) is 1.42. The van der Waals surface area contributed by atoms with Crippen molar-refractivity contribution >= 4 is 29.9 Å². The van der Waals surface area contributed by atoms with Crippen LogP contribution in [-0.2, 0) is 6.54 Å². The molecule has 1 saturated heterocycles. The lowest BCUT2D eigenvalue weighted by atomic mass is 9.98. The lowest BCUT2D eigenvalue weighted by molar-refractivity contribution is 0.0982. The molecule has 2 rings (SSSR count). The molecule has 1 heterocycles. The van der Waals surface area contributed by atoms with Gasteiger partial charge in [0, 0.05) is 25.7 Å². The molecule has 0 aromatic heterocycles. The fourth-order valence-corrected chi connectivity index (χ4v) is 2.91. The summed E-state index contributed by atoms with van der Waals surface area (Å²) in [5, 5.41) is 6.86. The van der Waals surface area contributed by atoms with E-state index in [-0.39, 0.29) is 29.5 Å². The van der Waals surface area contributed by atoms with Crippen molar-refractivity contribution in [3.8, 4) is 0 Å². The van der Waals surface area contributed by atoms with Crippen LogP contribution in [0.25, 0.3) is 0 Å². The monoisotopic (exact) mass is 430 g/mol. The van der Waals surface area contributed by atoms with E-state index in [1.807, 2.05) is 13.1 Å². The summed E-state index contributed by atoms with van der Waals surface area (Å²) in [6.07, 6.45) is 4.02. The minimum absolute atomic E-state index is 0. The zero-order valence-electron chi connectivity index (χ0n) is 14.6. The van der Waals surface area contributed by atoms with Crippen molar-refractivity contribution in [2.24, 2.45) is 4.99 Å². The molecule has 0 bridgehead atoms. The van der Waals surface area contributed by atoms with Crippen LogP contribution < -0.4 is 10.6 Å². The average molecular weight is 430 g/mol. The largest absolute Gasteiger partial charge is 0.355 e. The lowest BCUT2D eigenvalue weighted by Gasteiger charge is -2.41. The predicted molar refractivity (Wildman–Crippen MR) is 110 cm³/mol. The van der Waals surface area contributed by atoms with Crippen LogP contribution in [-0.4, -0.2) is 43.1 Å². The van der Waals surface area contributed by atoms with Crippen molar-refractivity contribution < 1.29 is 0 Å². The van der Waals surface area contributed by atoms with E-state index >= 15 is 0 Å². The van der Waals surface area contributed by atoms with Gasteiger partial charge in [0.15, 0.2) is 5.96 Å². The number of nitrogens with zero attached hydrogens (tertiary/aromatic N) is 2. The third-order valence-electron chi connectivity index (χ3n) is 4.43. The number of halogens is 1. The van der Waals surface area contributed by atoms with Crippen LogP contribution in [0.4, 0.5) is 0 Å². The number of nitrogens with one attached hydrogen (secondary N) is 2. The van der Waals surface area contributed by atoms with E-state index in [4.69, 9.17) is 0 Å². The summed E-state index contributed by atoms with van der Waals surface area (Å²) < 4.78 is 0. The Kier molecular flexibility index (Phi) is 8.91. The molecule has 0 unspecified atom stereocenters. The Morgan fingerprint density at radius 3 is 2.35 bits per heavy atom. The number of rotatable bonds is 5. The molecule has 1 aromatic rings. The van der Waals surface area contributed by atoms with Gasteiger partial charge in [0.05, 0.1) is 0 Å². The summed E-state index contributed by atoms with van der Waals surface area (Å²) in [6.45, 7) is 8.76. The third kappa shape index (κ3) is 6.67. The number of aliphatic imine (C=N–C) groups is 1. The summed E-state index contributed by atoms with van der Waals surface area (Å²) in [6, 6.07) is 10.4. The maximum Gasteiger partial charge on any atom is 0.191 e. The molecule has 4 nitrogen and oxygen atoms in total. The van der Waals surface area contributed by atoms with Gasteiger partial charge in [0.2, 0.25) is 0 Å². The zero-order chi connectivity index (χ0) is 15.8. The minimum Gasteiger partial charge on any atom is -0.355 e. The van der Waals surface area contributed by atoms with Crippen molar-refractivity contribution in [1.82, 2.24) is 15.5 Å². The Morgan fingerprint density at radius 2 is 1.74 bits per heavy atom. The third-order valence-corrected chi connectivity index (χ3v) is 4.43. The number of benzene rings is 1. The van der Waals surface area contributed by atoms with Crippen molar-refractivity contribution in [1.29, 1.82) is 0 Å². The van der Waals surface area contributed by atoms with Crippen molar-refractivity contribution in [2.45, 2.75) is 45.2 Å². The Bertz CT molecular complexity index is 467. The maximum absolute atomic E-state index is 4.33. The molecule has 0 aliphatic carbocycles. The normalized spacial score (nSPS) is 16.6. The smallest absolute Gasteiger partial charge is 0.191 e. The molecule has 0 radical (unpaired) electrons. The lowest BCUT2D eigenvalue weighted by Crippen LogP contribution is -2.54. The van der Waals surface area contributed by atoms with Crippen molar-refractivity contribution in [3.63, 3.8) is 0 Å². The van der Waals surface area contributed by atoms with Crippen LogP contribution in [0.15, 0.2) is 35.3 Å². The van der Waals surface area contributed by atoms with E-state index in [1.54, 1.807) is 0 Å². The Labute approximate surface area is 158 Å². The van der Waals surface area contributed by atoms with Gasteiger partial charge < -0.3 is 10.6 Å². The van der Waals surface area contributed by atoms with Crippen LogP contribution >= 0.6 is 24.0 Å². The fourth-order valence-electron chi connectivity index (χ4n) is 2.91. The molecule has 0 spiro atoms. The molecule has 23 heavy (non-hydrogen) atoms. The number of likely N-dealkylation sites (tertiary alicyclic amines) is 1. The van der Waals surface area contributed by atoms with Crippen LogP contribution in [0, 0.1) is 0 Å². The van der Waals surface area contributed by atoms with Crippen LogP contribution in [0.3, 0.4) is 0 Å². The first kappa shape index (κ1) is 20.2. The highest BCUT2D eigenvalue weighted by atomic mass is 127. The molecule has 1 aliphatic rings. The number of guanidine groups is 1. The van der Waals surface area contributed by atoms with Gasteiger partial charge in [0.25, 0.3) is 0 Å². The summed E-state index contributed by atoms with van der Waals surface area (Å²) in [5.74, 6) is 0.869. The van der Waals surface area contributed by atoms with Crippen LogP contribution in [0.2, 0.25) is 0 Å². The molecule has 0 atom stereocenters. The summed E-state index contributed by atoms with van der Waals surface area (Å²) in [7, 11) is 1.83. The van der Waals surface area contributed by atoms with E-state index in [2.05, 4.69) is 58.6 Å². The van der Waals surface area contributed by atoms with E-state index in [0.29, 0.717) is 0 Å². The van der Waals surface area contributed by atoms with Crippen LogP contribution in [0.5, 0.6) is 0 Å². The fraction of sp³-hybridized carbons (Fsp3) is 0.611. The Hall–Kier alpha value is -0.820. The second kappa shape index (κ2) is 10.1. The number of hydrogen-bond donors (Lipinski definition) is 2. The number of piperidine rings is 1. The van der Waals surface area contributed by atoms with Gasteiger partial charge in [-0.1, -0.05) is 36.8 Å². The number of hydrogen-bond acceptors (Lipinski definition) is 2. The van der Waals surface area contributed by atoms with E-state index in [9.17, 15) is 0 Å². The first-order chi connectivity index (χ1) is 10.6. The van der Waals surface area contributed by atoms with Crippen molar-refractivity contribution in [2.75, 3.05) is 26.7 Å². The topological polar surface area (TPSA) is 39.7 Å². The molecule has 0 amide bonds. The van der Waals surface area contributed by atoms with Gasteiger partial charge in [-0.25, -0.2) is 0 Å². The summed E-state index contributed by atoms with van der Waals surface area (Å²) >= 11 is 0. The van der Waals surface area contributed by atoms with Gasteiger partial charge in [0.1, 0.15) is 0 Å². The van der Waals surface area contributed by atoms with E-state index in [1.165, 1.54) is 37.9 Å². The molecule has 1 aliphatic heterocycles. The SMILES string of the molecule is CN=C(NCc1ccccc1)NCC(C)(C)N1CCCCC1.I. The van der Waals surface area contributed by atoms with Gasteiger partial charge in [-0.05, 0) is 45.3 Å². The molecule has 2 N–H and O–H groups in total. The quantitative estimate of drug-likeness (QED) is 0.428. The molecule has 1 aromatic carbocycles.